The minimum atomic E-state index is -0.772. The van der Waals surface area contributed by atoms with Gasteiger partial charge in [0, 0.05) is 29.4 Å². The molecule has 7 nitrogen and oxygen atoms in total. The highest BCUT2D eigenvalue weighted by molar-refractivity contribution is 5.87. The van der Waals surface area contributed by atoms with Crippen LogP contribution in [0.1, 0.15) is 45.4 Å². The predicted molar refractivity (Wildman–Crippen MR) is 156 cm³/mol. The minimum Gasteiger partial charge on any atom is -0.506 e. The summed E-state index contributed by atoms with van der Waals surface area (Å²) in [6, 6.07) is 22.4. The molecule has 0 fully saturated rings. The number of rotatable bonds is 10. The molecule has 0 aliphatic carbocycles. The number of ether oxygens (including phenoxy) is 1. The summed E-state index contributed by atoms with van der Waals surface area (Å²) in [5, 5.41) is 28.0. The summed E-state index contributed by atoms with van der Waals surface area (Å²) in [6.45, 7) is 8.18. The highest BCUT2D eigenvalue weighted by Crippen LogP contribution is 2.28. The summed E-state index contributed by atoms with van der Waals surface area (Å²) in [5.41, 5.74) is 4.01. The third-order valence-electron chi connectivity index (χ3n) is 5.96. The van der Waals surface area contributed by atoms with Crippen molar-refractivity contribution in [3.8, 4) is 11.5 Å². The van der Waals surface area contributed by atoms with Crippen molar-refractivity contribution < 1.29 is 14.9 Å². The molecule has 1 heterocycles. The van der Waals surface area contributed by atoms with Crippen LogP contribution in [0.25, 0.3) is 10.9 Å². The van der Waals surface area contributed by atoms with Crippen molar-refractivity contribution in [1.82, 2.24) is 10.3 Å². The first-order valence-electron chi connectivity index (χ1n) is 12.5. The molecule has 0 aliphatic heterocycles. The predicted octanol–water partition coefficient (Wildman–Crippen LogP) is 5.90. The summed E-state index contributed by atoms with van der Waals surface area (Å²) < 4.78 is 5.83. The highest BCUT2D eigenvalue weighted by Gasteiger charge is 2.14. The molecule has 0 saturated carbocycles. The van der Waals surface area contributed by atoms with E-state index in [0.29, 0.717) is 36.2 Å². The number of aromatic hydroxyl groups is 1. The molecule has 4 rings (SSSR count). The van der Waals surface area contributed by atoms with E-state index in [0.717, 1.165) is 23.5 Å². The van der Waals surface area contributed by atoms with Crippen molar-refractivity contribution in [2.45, 2.75) is 40.7 Å². The van der Waals surface area contributed by atoms with Gasteiger partial charge in [-0.25, -0.2) is 0 Å². The second-order valence-corrected chi connectivity index (χ2v) is 10.5. The van der Waals surface area contributed by atoms with Gasteiger partial charge in [0.15, 0.2) is 0 Å². The number of hydrogen-bond donors (Lipinski definition) is 5. The number of benzene rings is 3. The highest BCUT2D eigenvalue weighted by atomic mass is 16.5. The number of aromatic amines is 1. The average molecular weight is 518 g/mol. The largest absolute Gasteiger partial charge is 0.506 e. The molecule has 1 atom stereocenters. The average Bonchev–Trinajstić information content (AvgIpc) is 2.87. The van der Waals surface area contributed by atoms with Crippen LogP contribution >= 0.6 is 0 Å². The molecule has 4 aromatic rings. The second-order valence-electron chi connectivity index (χ2n) is 10.5. The molecule has 1 aromatic heterocycles. The van der Waals surface area contributed by atoms with Crippen molar-refractivity contribution >= 4 is 22.3 Å². The third kappa shape index (κ3) is 7.84. The van der Waals surface area contributed by atoms with E-state index in [1.54, 1.807) is 12.1 Å². The number of aliphatic hydroxyl groups is 1. The van der Waals surface area contributed by atoms with Gasteiger partial charge < -0.3 is 30.6 Å². The van der Waals surface area contributed by atoms with Crippen LogP contribution in [-0.2, 0) is 6.42 Å². The molecular formula is C31H39N3O4. The molecule has 0 spiro atoms. The van der Waals surface area contributed by atoms with Crippen molar-refractivity contribution in [3.05, 3.63) is 94.3 Å². The van der Waals surface area contributed by atoms with E-state index in [4.69, 9.17) is 4.74 Å². The molecule has 0 amide bonds. The first kappa shape index (κ1) is 28.8. The smallest absolute Gasteiger partial charge is 0.248 e. The first-order chi connectivity index (χ1) is 17.7. The zero-order valence-corrected chi connectivity index (χ0v) is 21.5. The molecule has 0 saturated heterocycles. The van der Waals surface area contributed by atoms with Gasteiger partial charge in [0.1, 0.15) is 11.5 Å². The van der Waals surface area contributed by atoms with Gasteiger partial charge in [-0.1, -0.05) is 46.4 Å². The molecular weight excluding hydrogens is 478 g/mol. The Balaban J connectivity index is 0.00000400. The van der Waals surface area contributed by atoms with Crippen LogP contribution in [-0.4, -0.2) is 34.9 Å². The fourth-order valence-electron chi connectivity index (χ4n) is 3.99. The van der Waals surface area contributed by atoms with E-state index >= 15 is 0 Å². The Bertz CT molecular complexity index is 1370. The Kier molecular flexibility index (Phi) is 9.55. The van der Waals surface area contributed by atoms with Crippen LogP contribution in [0.5, 0.6) is 11.5 Å². The maximum Gasteiger partial charge on any atom is 0.248 e. The zero-order chi connectivity index (χ0) is 26.4. The molecule has 7 heteroatoms. The lowest BCUT2D eigenvalue weighted by atomic mass is 9.99. The Morgan fingerprint density at radius 3 is 2.24 bits per heavy atom. The van der Waals surface area contributed by atoms with Gasteiger partial charge in [0.2, 0.25) is 5.56 Å². The van der Waals surface area contributed by atoms with Crippen molar-refractivity contribution in [2.75, 3.05) is 25.0 Å². The Morgan fingerprint density at radius 2 is 1.58 bits per heavy atom. The van der Waals surface area contributed by atoms with Gasteiger partial charge in [0.05, 0.1) is 18.2 Å². The summed E-state index contributed by atoms with van der Waals surface area (Å²) in [4.78, 5) is 14.2. The number of anilines is 2. The molecule has 3 aromatic carbocycles. The number of fused-ring (bicyclic) bond motifs is 1. The standard InChI is InChI=1S/C30H35N3O4.CH4/c1-30(2,3)19-37-23-10-8-22(9-11-23)32-21-6-4-20(5-7-21)16-17-31-18-27(35)24-12-14-26(34)29-25(24)13-15-28(36)33-29;/h4-15,27,31-32,34-35H,16-19H2,1-3H3,(H,33,36);1H4/t27-;/m0./s1. The van der Waals surface area contributed by atoms with E-state index < -0.39 is 6.10 Å². The normalized spacial score (nSPS) is 12.1. The van der Waals surface area contributed by atoms with Gasteiger partial charge in [-0.2, -0.15) is 0 Å². The number of hydrogen-bond acceptors (Lipinski definition) is 6. The summed E-state index contributed by atoms with van der Waals surface area (Å²) >= 11 is 0. The SMILES string of the molecule is C.CC(C)(C)COc1ccc(Nc2ccc(CCNC[C@H](O)c3ccc(O)c4[nH]c(=O)ccc34)cc2)cc1. The number of pyridine rings is 1. The van der Waals surface area contributed by atoms with E-state index in [1.165, 1.54) is 17.7 Å². The van der Waals surface area contributed by atoms with Gasteiger partial charge in [-0.05, 0) is 78.0 Å². The summed E-state index contributed by atoms with van der Waals surface area (Å²) in [7, 11) is 0. The molecule has 38 heavy (non-hydrogen) atoms. The Hall–Kier alpha value is -3.81. The topological polar surface area (TPSA) is 107 Å². The summed E-state index contributed by atoms with van der Waals surface area (Å²) in [5.74, 6) is 0.846. The molecule has 0 bridgehead atoms. The van der Waals surface area contributed by atoms with E-state index in [9.17, 15) is 15.0 Å². The van der Waals surface area contributed by atoms with Crippen molar-refractivity contribution in [3.63, 3.8) is 0 Å². The zero-order valence-electron chi connectivity index (χ0n) is 21.5. The molecule has 0 aliphatic rings. The van der Waals surface area contributed by atoms with Crippen LogP contribution in [0.4, 0.5) is 11.4 Å². The van der Waals surface area contributed by atoms with E-state index in [2.05, 4.69) is 60.7 Å². The summed E-state index contributed by atoms with van der Waals surface area (Å²) in [6.07, 6.45) is 0.0435. The van der Waals surface area contributed by atoms with Crippen molar-refractivity contribution in [1.29, 1.82) is 0 Å². The number of nitrogens with one attached hydrogen (secondary N) is 3. The lowest BCUT2D eigenvalue weighted by Crippen LogP contribution is -2.24. The number of aliphatic hydroxyl groups excluding tert-OH is 1. The lowest BCUT2D eigenvalue weighted by Gasteiger charge is -2.19. The quantitative estimate of drug-likeness (QED) is 0.168. The number of phenols is 1. The van der Waals surface area contributed by atoms with E-state index in [-0.39, 0.29) is 24.2 Å². The fourth-order valence-corrected chi connectivity index (χ4v) is 3.99. The molecule has 5 N–H and O–H groups in total. The van der Waals surface area contributed by atoms with Gasteiger partial charge in [-0.15, -0.1) is 0 Å². The van der Waals surface area contributed by atoms with Gasteiger partial charge >= 0.3 is 0 Å². The first-order valence-corrected chi connectivity index (χ1v) is 12.5. The van der Waals surface area contributed by atoms with Crippen LogP contribution in [0.15, 0.2) is 77.6 Å². The van der Waals surface area contributed by atoms with Gasteiger partial charge in [0.25, 0.3) is 0 Å². The fraction of sp³-hybridized carbons (Fsp3) is 0.323. The monoisotopic (exact) mass is 517 g/mol. The molecule has 0 radical (unpaired) electrons. The molecule has 202 valence electrons. The van der Waals surface area contributed by atoms with E-state index in [1.807, 2.05) is 24.3 Å². The second kappa shape index (κ2) is 12.6. The van der Waals surface area contributed by atoms with Crippen LogP contribution in [0.3, 0.4) is 0 Å². The van der Waals surface area contributed by atoms with Crippen molar-refractivity contribution in [2.24, 2.45) is 5.41 Å². The third-order valence-corrected chi connectivity index (χ3v) is 5.96. The van der Waals surface area contributed by atoms with Gasteiger partial charge in [-0.3, -0.25) is 4.79 Å². The maximum absolute atomic E-state index is 11.6. The lowest BCUT2D eigenvalue weighted by molar-refractivity contribution is 0.176. The van der Waals surface area contributed by atoms with Crippen LogP contribution in [0, 0.1) is 5.41 Å². The van der Waals surface area contributed by atoms with Crippen LogP contribution < -0.4 is 20.9 Å². The number of phenolic OH excluding ortho intramolecular Hbond substituents is 1. The number of aromatic nitrogens is 1. The minimum absolute atomic E-state index is 0. The van der Waals surface area contributed by atoms with Crippen LogP contribution in [0.2, 0.25) is 0 Å². The molecule has 0 unspecified atom stereocenters. The maximum atomic E-state index is 11.6. The number of H-pyrrole nitrogens is 1. The Morgan fingerprint density at radius 1 is 0.921 bits per heavy atom. The Labute approximate surface area is 224 Å².